The molecule has 0 radical (unpaired) electrons. The van der Waals surface area contributed by atoms with Crippen molar-refractivity contribution in [1.29, 1.82) is 0 Å². The molecule has 4 nitrogen and oxygen atoms in total. The van der Waals surface area contributed by atoms with E-state index in [0.29, 0.717) is 5.25 Å². The molecule has 0 aliphatic carbocycles. The Hall–Kier alpha value is -0.520. The lowest BCUT2D eigenvalue weighted by Gasteiger charge is -2.28. The monoisotopic (exact) mass is 226 g/mol. The van der Waals surface area contributed by atoms with E-state index in [4.69, 9.17) is 5.84 Å². The Bertz CT molecular complexity index is 306. The van der Waals surface area contributed by atoms with Gasteiger partial charge in [-0.3, -0.25) is 16.0 Å². The molecular weight excluding hydrogens is 208 g/mol. The number of hydrogen-bond acceptors (Lipinski definition) is 4. The molecule has 0 aromatic carbocycles. The van der Waals surface area contributed by atoms with E-state index in [1.807, 2.05) is 35.8 Å². The summed E-state index contributed by atoms with van der Waals surface area (Å²) in [6.45, 7) is 0. The molecule has 1 fully saturated rings. The molecule has 84 valence electrons. The highest BCUT2D eigenvalue weighted by Gasteiger charge is 2.26. The smallest absolute Gasteiger partial charge is 0.0818 e. The molecule has 1 aromatic rings. The molecule has 2 heterocycles. The summed E-state index contributed by atoms with van der Waals surface area (Å²) in [5.74, 6) is 6.88. The molecule has 0 spiro atoms. The summed E-state index contributed by atoms with van der Waals surface area (Å²) < 4.78 is 1.83. The first-order valence-electron chi connectivity index (χ1n) is 5.38. The first kappa shape index (κ1) is 11.0. The van der Waals surface area contributed by atoms with Crippen molar-refractivity contribution in [3.05, 3.63) is 18.0 Å². The van der Waals surface area contributed by atoms with Gasteiger partial charge in [0.15, 0.2) is 0 Å². The van der Waals surface area contributed by atoms with Gasteiger partial charge in [0, 0.05) is 18.5 Å². The summed E-state index contributed by atoms with van der Waals surface area (Å²) in [5.41, 5.74) is 3.96. The second kappa shape index (κ2) is 5.01. The minimum absolute atomic E-state index is 0.191. The van der Waals surface area contributed by atoms with Gasteiger partial charge in [-0.1, -0.05) is 6.42 Å². The van der Waals surface area contributed by atoms with E-state index < -0.39 is 0 Å². The van der Waals surface area contributed by atoms with Gasteiger partial charge in [0.1, 0.15) is 0 Å². The molecule has 1 aromatic heterocycles. The van der Waals surface area contributed by atoms with E-state index in [9.17, 15) is 0 Å². The van der Waals surface area contributed by atoms with Crippen LogP contribution in [0.3, 0.4) is 0 Å². The number of aryl methyl sites for hydroxylation is 1. The maximum absolute atomic E-state index is 5.63. The van der Waals surface area contributed by atoms with Crippen molar-refractivity contribution in [2.24, 2.45) is 12.9 Å². The lowest BCUT2D eigenvalue weighted by Crippen LogP contribution is -2.36. The molecule has 3 N–H and O–H groups in total. The van der Waals surface area contributed by atoms with Crippen LogP contribution in [0, 0.1) is 0 Å². The average Bonchev–Trinajstić information content (AvgIpc) is 2.68. The van der Waals surface area contributed by atoms with Crippen LogP contribution in [-0.2, 0) is 7.05 Å². The SMILES string of the molecule is Cn1ccc(C(NN)C2CCCCS2)n1. The second-order valence-corrected chi connectivity index (χ2v) is 5.31. The highest BCUT2D eigenvalue weighted by molar-refractivity contribution is 8.00. The topological polar surface area (TPSA) is 55.9 Å². The first-order chi connectivity index (χ1) is 7.31. The van der Waals surface area contributed by atoms with Crippen LogP contribution in [0.15, 0.2) is 12.3 Å². The zero-order valence-corrected chi connectivity index (χ0v) is 9.83. The Morgan fingerprint density at radius 2 is 2.53 bits per heavy atom. The fraction of sp³-hybridized carbons (Fsp3) is 0.700. The van der Waals surface area contributed by atoms with Gasteiger partial charge in [-0.05, 0) is 24.7 Å². The Kier molecular flexibility index (Phi) is 3.66. The van der Waals surface area contributed by atoms with Gasteiger partial charge in [-0.15, -0.1) is 0 Å². The lowest BCUT2D eigenvalue weighted by atomic mass is 10.1. The molecule has 5 heteroatoms. The Balaban J connectivity index is 2.08. The highest BCUT2D eigenvalue weighted by atomic mass is 32.2. The normalized spacial score (nSPS) is 24.0. The molecular formula is C10H18N4S. The zero-order valence-electron chi connectivity index (χ0n) is 9.02. The highest BCUT2D eigenvalue weighted by Crippen LogP contribution is 2.33. The van der Waals surface area contributed by atoms with Crippen LogP contribution in [-0.4, -0.2) is 20.8 Å². The van der Waals surface area contributed by atoms with E-state index >= 15 is 0 Å². The number of nitrogens with two attached hydrogens (primary N) is 1. The lowest BCUT2D eigenvalue weighted by molar-refractivity contribution is 0.477. The summed E-state index contributed by atoms with van der Waals surface area (Å²) in [6.07, 6.45) is 5.84. The number of nitrogens with one attached hydrogen (secondary N) is 1. The van der Waals surface area contributed by atoms with Gasteiger partial charge in [0.2, 0.25) is 0 Å². The number of rotatable bonds is 3. The van der Waals surface area contributed by atoms with Crippen LogP contribution in [0.4, 0.5) is 0 Å². The second-order valence-electron chi connectivity index (χ2n) is 3.96. The summed E-state index contributed by atoms with van der Waals surface area (Å²) >= 11 is 2.01. The summed E-state index contributed by atoms with van der Waals surface area (Å²) in [4.78, 5) is 0. The third-order valence-corrected chi connectivity index (χ3v) is 4.28. The van der Waals surface area contributed by atoms with Gasteiger partial charge in [-0.2, -0.15) is 16.9 Å². The van der Waals surface area contributed by atoms with Crippen LogP contribution in [0.5, 0.6) is 0 Å². The number of hydrogen-bond donors (Lipinski definition) is 2. The van der Waals surface area contributed by atoms with Crippen molar-refractivity contribution in [2.45, 2.75) is 30.6 Å². The van der Waals surface area contributed by atoms with Gasteiger partial charge in [0.05, 0.1) is 11.7 Å². The van der Waals surface area contributed by atoms with Crippen molar-refractivity contribution in [2.75, 3.05) is 5.75 Å². The van der Waals surface area contributed by atoms with Crippen molar-refractivity contribution >= 4 is 11.8 Å². The molecule has 15 heavy (non-hydrogen) atoms. The first-order valence-corrected chi connectivity index (χ1v) is 6.43. The van der Waals surface area contributed by atoms with Gasteiger partial charge < -0.3 is 0 Å². The predicted octanol–water partition coefficient (Wildman–Crippen LogP) is 1.21. The number of nitrogens with zero attached hydrogens (tertiary/aromatic N) is 2. The molecule has 2 atom stereocenters. The summed E-state index contributed by atoms with van der Waals surface area (Å²) in [5, 5.41) is 4.99. The third-order valence-electron chi connectivity index (χ3n) is 2.82. The molecule has 0 bridgehead atoms. The predicted molar refractivity (Wildman–Crippen MR) is 63.4 cm³/mol. The Labute approximate surface area is 94.6 Å². The maximum atomic E-state index is 5.63. The minimum atomic E-state index is 0.191. The fourth-order valence-electron chi connectivity index (χ4n) is 2.01. The van der Waals surface area contributed by atoms with Gasteiger partial charge in [-0.25, -0.2) is 0 Å². The van der Waals surface area contributed by atoms with Crippen molar-refractivity contribution in [1.82, 2.24) is 15.2 Å². The molecule has 2 rings (SSSR count). The van der Waals surface area contributed by atoms with Crippen LogP contribution in [0.2, 0.25) is 0 Å². The van der Waals surface area contributed by atoms with Crippen LogP contribution in [0.25, 0.3) is 0 Å². The van der Waals surface area contributed by atoms with Crippen molar-refractivity contribution < 1.29 is 0 Å². The molecule has 1 saturated heterocycles. The van der Waals surface area contributed by atoms with E-state index in [1.54, 1.807) is 0 Å². The minimum Gasteiger partial charge on any atom is -0.275 e. The largest absolute Gasteiger partial charge is 0.275 e. The number of thioether (sulfide) groups is 1. The van der Waals surface area contributed by atoms with Gasteiger partial charge >= 0.3 is 0 Å². The molecule has 1 aliphatic heterocycles. The van der Waals surface area contributed by atoms with E-state index in [2.05, 4.69) is 10.5 Å². The van der Waals surface area contributed by atoms with E-state index in [0.717, 1.165) is 5.69 Å². The summed E-state index contributed by atoms with van der Waals surface area (Å²) in [7, 11) is 1.94. The Morgan fingerprint density at radius 1 is 1.67 bits per heavy atom. The van der Waals surface area contributed by atoms with E-state index in [-0.39, 0.29) is 6.04 Å². The number of aromatic nitrogens is 2. The van der Waals surface area contributed by atoms with Crippen LogP contribution >= 0.6 is 11.8 Å². The van der Waals surface area contributed by atoms with Crippen molar-refractivity contribution in [3.8, 4) is 0 Å². The molecule has 2 unspecified atom stereocenters. The standard InChI is InChI=1S/C10H18N4S/c1-14-6-5-8(13-14)10(12-11)9-4-2-3-7-15-9/h5-6,9-10,12H,2-4,7,11H2,1H3. The maximum Gasteiger partial charge on any atom is 0.0818 e. The fourth-order valence-corrected chi connectivity index (χ4v) is 3.43. The Morgan fingerprint density at radius 3 is 3.07 bits per heavy atom. The van der Waals surface area contributed by atoms with Crippen molar-refractivity contribution in [3.63, 3.8) is 0 Å². The van der Waals surface area contributed by atoms with Crippen LogP contribution in [0.1, 0.15) is 31.0 Å². The van der Waals surface area contributed by atoms with Gasteiger partial charge in [0.25, 0.3) is 0 Å². The average molecular weight is 226 g/mol. The molecule has 1 aliphatic rings. The third kappa shape index (κ3) is 2.53. The summed E-state index contributed by atoms with van der Waals surface area (Å²) in [6, 6.07) is 2.23. The molecule has 0 saturated carbocycles. The molecule has 0 amide bonds. The van der Waals surface area contributed by atoms with Crippen LogP contribution < -0.4 is 11.3 Å². The quantitative estimate of drug-likeness (QED) is 0.601. The zero-order chi connectivity index (χ0) is 10.7. The number of hydrazine groups is 1. The van der Waals surface area contributed by atoms with E-state index in [1.165, 1.54) is 25.0 Å².